The van der Waals surface area contributed by atoms with Crippen LogP contribution in [-0.4, -0.2) is 35.9 Å². The zero-order valence-corrected chi connectivity index (χ0v) is 12.5. The summed E-state index contributed by atoms with van der Waals surface area (Å²) >= 11 is 11.8. The molecule has 0 aliphatic rings. The van der Waals surface area contributed by atoms with Gasteiger partial charge in [-0.2, -0.15) is 0 Å². The number of halogens is 3. The van der Waals surface area contributed by atoms with E-state index in [1.165, 1.54) is 5.56 Å². The van der Waals surface area contributed by atoms with E-state index >= 15 is 0 Å². The first-order valence-corrected chi connectivity index (χ1v) is 6.84. The fourth-order valence-corrected chi connectivity index (χ4v) is 2.74. The lowest BCUT2D eigenvalue weighted by molar-refractivity contribution is -0.935. The van der Waals surface area contributed by atoms with Crippen molar-refractivity contribution in [3.8, 4) is 0 Å². The largest absolute Gasteiger partial charge is 1.00 e. The highest BCUT2D eigenvalue weighted by Gasteiger charge is 2.24. The molecular weight excluding hydrogens is 277 g/mol. The van der Waals surface area contributed by atoms with Gasteiger partial charge in [0.15, 0.2) is 0 Å². The molecule has 0 amide bonds. The SMILES string of the molecule is CC[N+](CCCl)(CCCl)Cc1ccccc1.[Cl-]. The number of alkyl halides is 2. The van der Waals surface area contributed by atoms with Gasteiger partial charge in [-0.1, -0.05) is 30.3 Å². The molecule has 1 aromatic rings. The maximum absolute atomic E-state index is 5.91. The predicted octanol–water partition coefficient (Wildman–Crippen LogP) is 0.505. The molecule has 1 aromatic carbocycles. The third-order valence-electron chi connectivity index (χ3n) is 3.15. The molecule has 98 valence electrons. The predicted molar refractivity (Wildman–Crippen MR) is 72.1 cm³/mol. The van der Waals surface area contributed by atoms with E-state index in [4.69, 9.17) is 23.2 Å². The summed E-state index contributed by atoms with van der Waals surface area (Å²) in [5, 5.41) is 0. The van der Waals surface area contributed by atoms with Gasteiger partial charge in [0.2, 0.25) is 0 Å². The average Bonchev–Trinajstić information content (AvgIpc) is 2.31. The Morgan fingerprint density at radius 3 is 1.94 bits per heavy atom. The Balaban J connectivity index is 0.00000256. The molecule has 0 spiro atoms. The normalized spacial score (nSPS) is 11.0. The van der Waals surface area contributed by atoms with Crippen LogP contribution in [0.3, 0.4) is 0 Å². The van der Waals surface area contributed by atoms with E-state index in [9.17, 15) is 0 Å². The van der Waals surface area contributed by atoms with Crippen LogP contribution in [0.1, 0.15) is 12.5 Å². The first-order chi connectivity index (χ1) is 7.76. The van der Waals surface area contributed by atoms with Gasteiger partial charge in [-0.3, -0.25) is 0 Å². The minimum absolute atomic E-state index is 0. The Hall–Kier alpha value is 0.0500. The van der Waals surface area contributed by atoms with Gasteiger partial charge in [0.05, 0.1) is 31.4 Å². The number of hydrogen-bond acceptors (Lipinski definition) is 0. The molecule has 0 atom stereocenters. The van der Waals surface area contributed by atoms with Crippen molar-refractivity contribution < 1.29 is 16.9 Å². The van der Waals surface area contributed by atoms with E-state index in [2.05, 4.69) is 31.2 Å². The van der Waals surface area contributed by atoms with E-state index in [0.29, 0.717) is 11.8 Å². The quantitative estimate of drug-likeness (QED) is 0.508. The van der Waals surface area contributed by atoms with E-state index < -0.39 is 0 Å². The summed E-state index contributed by atoms with van der Waals surface area (Å²) in [7, 11) is 0. The molecule has 0 N–H and O–H groups in total. The lowest BCUT2D eigenvalue weighted by atomic mass is 10.2. The molecule has 0 radical (unpaired) electrons. The van der Waals surface area contributed by atoms with Crippen LogP contribution in [0.25, 0.3) is 0 Å². The lowest BCUT2D eigenvalue weighted by Gasteiger charge is -2.37. The van der Waals surface area contributed by atoms with Gasteiger partial charge in [-0.15, -0.1) is 23.2 Å². The lowest BCUT2D eigenvalue weighted by Crippen LogP contribution is -3.00. The van der Waals surface area contributed by atoms with Crippen LogP contribution < -0.4 is 12.4 Å². The molecule has 0 aliphatic carbocycles. The van der Waals surface area contributed by atoms with Crippen molar-refractivity contribution in [3.05, 3.63) is 35.9 Å². The number of rotatable bonds is 7. The van der Waals surface area contributed by atoms with Crippen molar-refractivity contribution in [1.29, 1.82) is 0 Å². The van der Waals surface area contributed by atoms with Crippen molar-refractivity contribution >= 4 is 23.2 Å². The van der Waals surface area contributed by atoms with Gasteiger partial charge in [-0.25, -0.2) is 0 Å². The monoisotopic (exact) mass is 295 g/mol. The van der Waals surface area contributed by atoms with Crippen LogP contribution in [0.15, 0.2) is 30.3 Å². The highest BCUT2D eigenvalue weighted by Crippen LogP contribution is 2.15. The highest BCUT2D eigenvalue weighted by molar-refractivity contribution is 6.18. The molecule has 0 aliphatic heterocycles. The van der Waals surface area contributed by atoms with Crippen molar-refractivity contribution in [2.24, 2.45) is 0 Å². The first kappa shape index (κ1) is 17.1. The second-order valence-electron chi connectivity index (χ2n) is 4.13. The minimum Gasteiger partial charge on any atom is -1.00 e. The molecule has 0 saturated carbocycles. The van der Waals surface area contributed by atoms with Crippen molar-refractivity contribution in [2.75, 3.05) is 31.4 Å². The van der Waals surface area contributed by atoms with Crippen LogP contribution in [0.4, 0.5) is 0 Å². The van der Waals surface area contributed by atoms with Crippen molar-refractivity contribution in [3.63, 3.8) is 0 Å². The van der Waals surface area contributed by atoms with Crippen LogP contribution in [0.2, 0.25) is 0 Å². The zero-order valence-electron chi connectivity index (χ0n) is 10.2. The highest BCUT2D eigenvalue weighted by atomic mass is 35.5. The van der Waals surface area contributed by atoms with Crippen LogP contribution in [-0.2, 0) is 6.54 Å². The van der Waals surface area contributed by atoms with E-state index in [0.717, 1.165) is 30.7 Å². The van der Waals surface area contributed by atoms with Crippen molar-refractivity contribution in [2.45, 2.75) is 13.5 Å². The number of quaternary nitrogens is 1. The fourth-order valence-electron chi connectivity index (χ4n) is 2.03. The van der Waals surface area contributed by atoms with Crippen molar-refractivity contribution in [1.82, 2.24) is 0 Å². The zero-order chi connectivity index (χ0) is 11.9. The van der Waals surface area contributed by atoms with Gasteiger partial charge < -0.3 is 16.9 Å². The first-order valence-electron chi connectivity index (χ1n) is 5.77. The molecule has 0 bridgehead atoms. The van der Waals surface area contributed by atoms with E-state index in [1.807, 2.05) is 6.07 Å². The summed E-state index contributed by atoms with van der Waals surface area (Å²) in [5.74, 6) is 1.38. The molecular formula is C13H20Cl3N. The summed E-state index contributed by atoms with van der Waals surface area (Å²) in [6, 6.07) is 10.6. The Morgan fingerprint density at radius 1 is 1.00 bits per heavy atom. The van der Waals surface area contributed by atoms with Gasteiger partial charge in [0.1, 0.15) is 6.54 Å². The molecule has 0 fully saturated rings. The second kappa shape index (κ2) is 9.04. The number of benzene rings is 1. The summed E-state index contributed by atoms with van der Waals surface area (Å²) in [5.41, 5.74) is 1.36. The third kappa shape index (κ3) is 5.48. The fraction of sp³-hybridized carbons (Fsp3) is 0.538. The van der Waals surface area contributed by atoms with Gasteiger partial charge in [0.25, 0.3) is 0 Å². The van der Waals surface area contributed by atoms with Gasteiger partial charge in [0, 0.05) is 5.56 Å². The molecule has 0 aromatic heterocycles. The average molecular weight is 297 g/mol. The molecule has 0 saturated heterocycles. The molecule has 17 heavy (non-hydrogen) atoms. The number of hydrogen-bond donors (Lipinski definition) is 0. The molecule has 4 heteroatoms. The van der Waals surface area contributed by atoms with Crippen LogP contribution >= 0.6 is 23.2 Å². The summed E-state index contributed by atoms with van der Waals surface area (Å²) < 4.78 is 0.983. The Kier molecular flexibility index (Phi) is 9.07. The molecule has 0 unspecified atom stereocenters. The standard InChI is InChI=1S/C13H20Cl2N.ClH/c1-2-16(10-8-14,11-9-15)12-13-6-4-3-5-7-13;/h3-7H,2,8-12H2,1H3;1H/q+1;/p-1. The number of nitrogens with zero attached hydrogens (tertiary/aromatic N) is 1. The second-order valence-corrected chi connectivity index (χ2v) is 4.88. The molecule has 0 heterocycles. The van der Waals surface area contributed by atoms with Crippen LogP contribution in [0, 0.1) is 0 Å². The van der Waals surface area contributed by atoms with Crippen LogP contribution in [0.5, 0.6) is 0 Å². The Labute approximate surface area is 121 Å². The summed E-state index contributed by atoms with van der Waals surface area (Å²) in [6.07, 6.45) is 0. The Morgan fingerprint density at radius 2 is 1.53 bits per heavy atom. The molecule has 1 nitrogen and oxygen atoms in total. The van der Waals surface area contributed by atoms with Gasteiger partial charge in [-0.05, 0) is 6.92 Å². The Bertz CT molecular complexity index is 284. The summed E-state index contributed by atoms with van der Waals surface area (Å²) in [6.45, 7) is 6.28. The topological polar surface area (TPSA) is 0 Å². The maximum Gasteiger partial charge on any atom is 0.104 e. The third-order valence-corrected chi connectivity index (χ3v) is 3.49. The van der Waals surface area contributed by atoms with Gasteiger partial charge >= 0.3 is 0 Å². The minimum atomic E-state index is 0. The van der Waals surface area contributed by atoms with E-state index in [-0.39, 0.29) is 12.4 Å². The summed E-state index contributed by atoms with van der Waals surface area (Å²) in [4.78, 5) is 0. The van der Waals surface area contributed by atoms with E-state index in [1.54, 1.807) is 0 Å². The molecule has 1 rings (SSSR count). The smallest absolute Gasteiger partial charge is 0.104 e. The maximum atomic E-state index is 5.91.